The fraction of sp³-hybridized carbons (Fsp3) is 0.188. The summed E-state index contributed by atoms with van der Waals surface area (Å²) < 4.78 is 2.08. The van der Waals surface area contributed by atoms with Crippen LogP contribution in [0.4, 0.5) is 5.95 Å². The number of phenolic OH excluding ortho intramolecular Hbond substituents is 1. The molecule has 114 valence electrons. The minimum atomic E-state index is 0.0396. The molecule has 0 aliphatic heterocycles. The van der Waals surface area contributed by atoms with E-state index in [9.17, 15) is 5.11 Å². The van der Waals surface area contributed by atoms with Crippen molar-refractivity contribution in [3.8, 4) is 5.75 Å². The monoisotopic (exact) mass is 335 g/mol. The van der Waals surface area contributed by atoms with Crippen LogP contribution in [-0.2, 0) is 13.1 Å². The van der Waals surface area contributed by atoms with E-state index in [1.807, 2.05) is 24.3 Å². The molecule has 4 nitrogen and oxygen atoms in total. The van der Waals surface area contributed by atoms with Crippen LogP contribution >= 0.6 is 23.2 Å². The summed E-state index contributed by atoms with van der Waals surface area (Å²) in [6.45, 7) is 3.24. The number of rotatable bonds is 4. The van der Waals surface area contributed by atoms with E-state index in [-0.39, 0.29) is 10.8 Å². The molecule has 3 aromatic rings. The largest absolute Gasteiger partial charge is 0.506 e. The average molecular weight is 336 g/mol. The van der Waals surface area contributed by atoms with Crippen molar-refractivity contribution in [1.29, 1.82) is 0 Å². The van der Waals surface area contributed by atoms with E-state index in [4.69, 9.17) is 23.2 Å². The number of para-hydroxylation sites is 2. The Bertz CT molecular complexity index is 830. The Morgan fingerprint density at radius 1 is 1.23 bits per heavy atom. The molecule has 0 saturated heterocycles. The Kier molecular flexibility index (Phi) is 4.14. The van der Waals surface area contributed by atoms with Crippen molar-refractivity contribution in [2.45, 2.75) is 20.0 Å². The van der Waals surface area contributed by atoms with Gasteiger partial charge in [-0.25, -0.2) is 4.98 Å². The molecule has 1 heterocycles. The molecule has 0 unspecified atom stereocenters. The predicted octanol–water partition coefficient (Wildman–Crippen LogP) is 4.68. The van der Waals surface area contributed by atoms with E-state index in [0.717, 1.165) is 23.5 Å². The van der Waals surface area contributed by atoms with E-state index in [2.05, 4.69) is 21.8 Å². The second-order valence-corrected chi connectivity index (χ2v) is 5.76. The third kappa shape index (κ3) is 2.72. The Morgan fingerprint density at radius 3 is 2.77 bits per heavy atom. The molecular weight excluding hydrogens is 321 g/mol. The van der Waals surface area contributed by atoms with E-state index in [0.29, 0.717) is 17.1 Å². The van der Waals surface area contributed by atoms with Gasteiger partial charge in [-0.2, -0.15) is 0 Å². The summed E-state index contributed by atoms with van der Waals surface area (Å²) in [6, 6.07) is 11.2. The second-order valence-electron chi connectivity index (χ2n) is 4.92. The van der Waals surface area contributed by atoms with Gasteiger partial charge >= 0.3 is 0 Å². The Balaban J connectivity index is 1.91. The SMILES string of the molecule is CCn1c(NCc2cc(Cl)cc(Cl)c2O)nc2ccccc21. The third-order valence-corrected chi connectivity index (χ3v) is 4.02. The molecular formula is C16H15Cl2N3O. The molecule has 1 aromatic heterocycles. The summed E-state index contributed by atoms with van der Waals surface area (Å²) in [4.78, 5) is 4.58. The molecule has 0 bridgehead atoms. The first-order valence-corrected chi connectivity index (χ1v) is 7.71. The van der Waals surface area contributed by atoms with E-state index in [1.165, 1.54) is 6.07 Å². The maximum absolute atomic E-state index is 10.0. The van der Waals surface area contributed by atoms with Crippen molar-refractivity contribution >= 4 is 40.2 Å². The molecule has 0 saturated carbocycles. The lowest BCUT2D eigenvalue weighted by Gasteiger charge is -2.11. The fourth-order valence-electron chi connectivity index (χ4n) is 2.46. The highest BCUT2D eigenvalue weighted by molar-refractivity contribution is 6.35. The lowest BCUT2D eigenvalue weighted by Crippen LogP contribution is -2.07. The normalized spacial score (nSPS) is 11.0. The van der Waals surface area contributed by atoms with Gasteiger partial charge in [-0.3, -0.25) is 0 Å². The molecule has 3 rings (SSSR count). The van der Waals surface area contributed by atoms with Gasteiger partial charge < -0.3 is 15.0 Å². The molecule has 0 radical (unpaired) electrons. The van der Waals surface area contributed by atoms with Gasteiger partial charge in [0, 0.05) is 23.7 Å². The number of nitrogens with one attached hydrogen (secondary N) is 1. The summed E-state index contributed by atoms with van der Waals surface area (Å²) in [5, 5.41) is 14.0. The number of anilines is 1. The lowest BCUT2D eigenvalue weighted by molar-refractivity contribution is 0.469. The maximum Gasteiger partial charge on any atom is 0.204 e. The standard InChI is InChI=1S/C16H15Cl2N3O/c1-2-21-14-6-4-3-5-13(14)20-16(21)19-9-10-7-11(17)8-12(18)15(10)22/h3-8,22H,2,9H2,1H3,(H,19,20). The topological polar surface area (TPSA) is 50.1 Å². The molecule has 22 heavy (non-hydrogen) atoms. The number of aryl methyl sites for hydroxylation is 1. The molecule has 0 atom stereocenters. The van der Waals surface area contributed by atoms with E-state index >= 15 is 0 Å². The average Bonchev–Trinajstić information content (AvgIpc) is 2.86. The van der Waals surface area contributed by atoms with Crippen LogP contribution in [0.2, 0.25) is 10.0 Å². The molecule has 2 N–H and O–H groups in total. The number of benzene rings is 2. The number of fused-ring (bicyclic) bond motifs is 1. The molecule has 0 fully saturated rings. The van der Waals surface area contributed by atoms with Crippen molar-refractivity contribution in [1.82, 2.24) is 9.55 Å². The molecule has 0 spiro atoms. The van der Waals surface area contributed by atoms with Gasteiger partial charge in [0.2, 0.25) is 5.95 Å². The number of hydrogen-bond acceptors (Lipinski definition) is 3. The van der Waals surface area contributed by atoms with Crippen molar-refractivity contribution in [2.75, 3.05) is 5.32 Å². The number of phenols is 1. The van der Waals surface area contributed by atoms with Crippen molar-refractivity contribution in [3.63, 3.8) is 0 Å². The number of aromatic nitrogens is 2. The van der Waals surface area contributed by atoms with Crippen LogP contribution in [0.25, 0.3) is 11.0 Å². The molecule has 2 aromatic carbocycles. The third-order valence-electron chi connectivity index (χ3n) is 3.51. The number of halogens is 2. The maximum atomic E-state index is 10.0. The van der Waals surface area contributed by atoms with E-state index in [1.54, 1.807) is 6.07 Å². The number of nitrogens with zero attached hydrogens (tertiary/aromatic N) is 2. The summed E-state index contributed by atoms with van der Waals surface area (Å²) in [7, 11) is 0. The Labute approximate surface area is 138 Å². The van der Waals surface area contributed by atoms with Crippen LogP contribution in [0, 0.1) is 0 Å². The van der Waals surface area contributed by atoms with Gasteiger partial charge in [0.25, 0.3) is 0 Å². The van der Waals surface area contributed by atoms with Gasteiger partial charge in [0.05, 0.1) is 16.1 Å². The van der Waals surface area contributed by atoms with Crippen LogP contribution in [0.5, 0.6) is 5.75 Å². The zero-order chi connectivity index (χ0) is 15.7. The van der Waals surface area contributed by atoms with E-state index < -0.39 is 0 Å². The van der Waals surface area contributed by atoms with Gasteiger partial charge in [0.15, 0.2) is 0 Å². The first-order chi connectivity index (χ1) is 10.6. The number of hydrogen-bond donors (Lipinski definition) is 2. The summed E-state index contributed by atoms with van der Waals surface area (Å²) in [6.07, 6.45) is 0. The Hall–Kier alpha value is -1.91. The summed E-state index contributed by atoms with van der Waals surface area (Å²) >= 11 is 11.9. The minimum absolute atomic E-state index is 0.0396. The fourth-order valence-corrected chi connectivity index (χ4v) is 2.99. The number of aromatic hydroxyl groups is 1. The van der Waals surface area contributed by atoms with Crippen LogP contribution in [0.15, 0.2) is 36.4 Å². The minimum Gasteiger partial charge on any atom is -0.506 e. The highest BCUT2D eigenvalue weighted by Gasteiger charge is 2.11. The van der Waals surface area contributed by atoms with Crippen LogP contribution in [0.1, 0.15) is 12.5 Å². The van der Waals surface area contributed by atoms with Crippen LogP contribution in [-0.4, -0.2) is 14.7 Å². The number of imidazole rings is 1. The van der Waals surface area contributed by atoms with Crippen molar-refractivity contribution < 1.29 is 5.11 Å². The Morgan fingerprint density at radius 2 is 2.00 bits per heavy atom. The summed E-state index contributed by atoms with van der Waals surface area (Å²) in [5.74, 6) is 0.789. The highest BCUT2D eigenvalue weighted by atomic mass is 35.5. The highest BCUT2D eigenvalue weighted by Crippen LogP contribution is 2.31. The molecule has 0 amide bonds. The van der Waals surface area contributed by atoms with Gasteiger partial charge in [-0.1, -0.05) is 35.3 Å². The predicted molar refractivity (Wildman–Crippen MR) is 90.9 cm³/mol. The van der Waals surface area contributed by atoms with Gasteiger partial charge in [-0.05, 0) is 31.2 Å². The first kappa shape index (κ1) is 15.0. The van der Waals surface area contributed by atoms with Gasteiger partial charge in [-0.15, -0.1) is 0 Å². The van der Waals surface area contributed by atoms with Crippen LogP contribution < -0.4 is 5.32 Å². The zero-order valence-electron chi connectivity index (χ0n) is 12.0. The van der Waals surface area contributed by atoms with Gasteiger partial charge in [0.1, 0.15) is 5.75 Å². The molecule has 0 aliphatic rings. The second kappa shape index (κ2) is 6.07. The van der Waals surface area contributed by atoms with Crippen molar-refractivity contribution in [3.05, 3.63) is 52.0 Å². The molecule has 6 heteroatoms. The lowest BCUT2D eigenvalue weighted by atomic mass is 10.2. The zero-order valence-corrected chi connectivity index (χ0v) is 13.5. The van der Waals surface area contributed by atoms with Crippen LogP contribution in [0.3, 0.4) is 0 Å². The quantitative estimate of drug-likeness (QED) is 0.727. The summed E-state index contributed by atoms with van der Waals surface area (Å²) in [5.41, 5.74) is 2.63. The molecule has 0 aliphatic carbocycles. The first-order valence-electron chi connectivity index (χ1n) is 6.96. The smallest absolute Gasteiger partial charge is 0.204 e. The van der Waals surface area contributed by atoms with Crippen molar-refractivity contribution in [2.24, 2.45) is 0 Å².